The summed E-state index contributed by atoms with van der Waals surface area (Å²) in [6.45, 7) is 2.97. The molecule has 5 heteroatoms. The molecule has 0 aliphatic heterocycles. The van der Waals surface area contributed by atoms with Crippen LogP contribution in [0.4, 0.5) is 0 Å². The Morgan fingerprint density at radius 2 is 1.96 bits per heavy atom. The Morgan fingerprint density at radius 3 is 2.62 bits per heavy atom. The Hall–Kier alpha value is -2.30. The van der Waals surface area contributed by atoms with Gasteiger partial charge in [0, 0.05) is 12.6 Å². The zero-order valence-electron chi connectivity index (χ0n) is 14.0. The minimum atomic E-state index is -0.751. The van der Waals surface area contributed by atoms with E-state index in [-0.39, 0.29) is 17.7 Å². The smallest absolute Gasteiger partial charge is 0.306 e. The molecule has 0 aromatic heterocycles. The normalized spacial score (nSPS) is 20.7. The van der Waals surface area contributed by atoms with Crippen molar-refractivity contribution in [3.63, 3.8) is 0 Å². The number of hydrogen-bond donors (Lipinski definition) is 2. The summed E-state index contributed by atoms with van der Waals surface area (Å²) in [5.41, 5.74) is 0.912. The molecule has 1 saturated carbocycles. The minimum absolute atomic E-state index is 0.0269. The first kappa shape index (κ1) is 18.0. The number of benzene rings is 1. The monoisotopic (exact) mass is 331 g/mol. The van der Waals surface area contributed by atoms with E-state index >= 15 is 0 Å². The SMILES string of the molecule is CCOc1ccc(/C=C/C(=O)NC[C@@H]2CCCC[C@@H]2C(=O)O)cc1. The summed E-state index contributed by atoms with van der Waals surface area (Å²) >= 11 is 0. The van der Waals surface area contributed by atoms with Gasteiger partial charge in [-0.05, 0) is 49.5 Å². The number of nitrogens with one attached hydrogen (secondary N) is 1. The van der Waals surface area contributed by atoms with Gasteiger partial charge in [-0.25, -0.2) is 0 Å². The number of hydrogen-bond acceptors (Lipinski definition) is 3. The van der Waals surface area contributed by atoms with Gasteiger partial charge in [0.2, 0.25) is 5.91 Å². The van der Waals surface area contributed by atoms with E-state index in [2.05, 4.69) is 5.32 Å². The molecule has 2 N–H and O–H groups in total. The predicted molar refractivity (Wildman–Crippen MR) is 92.7 cm³/mol. The van der Waals surface area contributed by atoms with Crippen LogP contribution >= 0.6 is 0 Å². The summed E-state index contributed by atoms with van der Waals surface area (Å²) in [5.74, 6) is -0.457. The highest BCUT2D eigenvalue weighted by molar-refractivity contribution is 5.91. The van der Waals surface area contributed by atoms with Crippen LogP contribution in [0.3, 0.4) is 0 Å². The molecular formula is C19H25NO4. The van der Waals surface area contributed by atoms with Crippen molar-refractivity contribution in [1.82, 2.24) is 5.32 Å². The highest BCUT2D eigenvalue weighted by Crippen LogP contribution is 2.29. The predicted octanol–water partition coefficient (Wildman–Crippen LogP) is 3.11. The topological polar surface area (TPSA) is 75.6 Å². The van der Waals surface area contributed by atoms with Crippen LogP contribution in [0.2, 0.25) is 0 Å². The quantitative estimate of drug-likeness (QED) is 0.753. The Kier molecular flexibility index (Phi) is 6.85. The highest BCUT2D eigenvalue weighted by atomic mass is 16.5. The molecule has 24 heavy (non-hydrogen) atoms. The second-order valence-electron chi connectivity index (χ2n) is 6.07. The highest BCUT2D eigenvalue weighted by Gasteiger charge is 2.30. The van der Waals surface area contributed by atoms with Crippen molar-refractivity contribution in [2.24, 2.45) is 11.8 Å². The van der Waals surface area contributed by atoms with E-state index in [0.29, 0.717) is 19.6 Å². The summed E-state index contributed by atoms with van der Waals surface area (Å²) in [5, 5.41) is 12.1. The van der Waals surface area contributed by atoms with Gasteiger partial charge in [-0.2, -0.15) is 0 Å². The lowest BCUT2D eigenvalue weighted by atomic mass is 9.79. The molecule has 0 radical (unpaired) electrons. The average molecular weight is 331 g/mol. The Labute approximate surface area is 142 Å². The van der Waals surface area contributed by atoms with Crippen molar-refractivity contribution in [3.05, 3.63) is 35.9 Å². The maximum absolute atomic E-state index is 11.9. The fraction of sp³-hybridized carbons (Fsp3) is 0.474. The van der Waals surface area contributed by atoms with E-state index in [9.17, 15) is 14.7 Å². The molecule has 5 nitrogen and oxygen atoms in total. The number of amides is 1. The third-order valence-electron chi connectivity index (χ3n) is 4.38. The second-order valence-corrected chi connectivity index (χ2v) is 6.07. The first-order chi connectivity index (χ1) is 11.6. The van der Waals surface area contributed by atoms with Crippen molar-refractivity contribution in [2.75, 3.05) is 13.2 Å². The van der Waals surface area contributed by atoms with E-state index in [1.165, 1.54) is 6.08 Å². The van der Waals surface area contributed by atoms with Gasteiger partial charge in [-0.15, -0.1) is 0 Å². The standard InChI is InChI=1S/C19H25NO4/c1-2-24-16-10-7-14(8-11-16)9-12-18(21)20-13-15-5-3-4-6-17(15)19(22)23/h7-12,15,17H,2-6,13H2,1H3,(H,20,21)(H,22,23)/b12-9+/t15-,17-/m0/s1. The summed E-state index contributed by atoms with van der Waals surface area (Å²) in [6, 6.07) is 7.49. The number of carbonyl (C=O) groups is 2. The maximum Gasteiger partial charge on any atom is 0.306 e. The van der Waals surface area contributed by atoms with Crippen LogP contribution in [0.5, 0.6) is 5.75 Å². The van der Waals surface area contributed by atoms with Crippen molar-refractivity contribution >= 4 is 18.0 Å². The van der Waals surface area contributed by atoms with Gasteiger partial charge in [-0.3, -0.25) is 9.59 Å². The van der Waals surface area contributed by atoms with Gasteiger partial charge >= 0.3 is 5.97 Å². The van der Waals surface area contributed by atoms with Gasteiger partial charge in [0.15, 0.2) is 0 Å². The largest absolute Gasteiger partial charge is 0.494 e. The molecule has 1 fully saturated rings. The van der Waals surface area contributed by atoms with Crippen LogP contribution in [-0.2, 0) is 9.59 Å². The molecule has 0 unspecified atom stereocenters. The van der Waals surface area contributed by atoms with Crippen molar-refractivity contribution < 1.29 is 19.4 Å². The van der Waals surface area contributed by atoms with Crippen molar-refractivity contribution in [2.45, 2.75) is 32.6 Å². The molecule has 2 rings (SSSR count). The zero-order chi connectivity index (χ0) is 17.4. The van der Waals surface area contributed by atoms with E-state index in [1.54, 1.807) is 6.08 Å². The number of carbonyl (C=O) groups excluding carboxylic acids is 1. The molecule has 0 saturated heterocycles. The first-order valence-electron chi connectivity index (χ1n) is 8.51. The van der Waals surface area contributed by atoms with Crippen molar-refractivity contribution in [3.8, 4) is 5.75 Å². The summed E-state index contributed by atoms with van der Waals surface area (Å²) in [7, 11) is 0. The molecule has 0 bridgehead atoms. The van der Waals surface area contributed by atoms with Crippen LogP contribution in [-0.4, -0.2) is 30.1 Å². The Morgan fingerprint density at radius 1 is 1.25 bits per heavy atom. The fourth-order valence-electron chi connectivity index (χ4n) is 3.08. The number of aliphatic carboxylic acids is 1. The Bertz CT molecular complexity index is 580. The second kappa shape index (κ2) is 9.11. The lowest BCUT2D eigenvalue weighted by molar-refractivity contribution is -0.145. The lowest BCUT2D eigenvalue weighted by Gasteiger charge is -2.28. The molecule has 2 atom stereocenters. The number of carboxylic acid groups (broad SMARTS) is 1. The Balaban J connectivity index is 1.82. The molecule has 1 aromatic rings. The molecule has 1 amide bonds. The molecule has 1 aromatic carbocycles. The van der Waals surface area contributed by atoms with Crippen molar-refractivity contribution in [1.29, 1.82) is 0 Å². The number of ether oxygens (including phenoxy) is 1. The van der Waals surface area contributed by atoms with E-state index in [0.717, 1.165) is 30.6 Å². The molecule has 130 valence electrons. The number of carboxylic acids is 1. The number of rotatable bonds is 7. The first-order valence-corrected chi connectivity index (χ1v) is 8.51. The lowest BCUT2D eigenvalue weighted by Crippen LogP contribution is -2.36. The van der Waals surface area contributed by atoms with E-state index < -0.39 is 5.97 Å². The van der Waals surface area contributed by atoms with E-state index in [4.69, 9.17) is 4.74 Å². The molecule has 0 spiro atoms. The van der Waals surface area contributed by atoms with Gasteiger partial charge < -0.3 is 15.2 Å². The van der Waals surface area contributed by atoms with Crippen LogP contribution in [0.25, 0.3) is 6.08 Å². The summed E-state index contributed by atoms with van der Waals surface area (Å²) < 4.78 is 5.37. The van der Waals surface area contributed by atoms with Crippen LogP contribution < -0.4 is 10.1 Å². The fourth-order valence-corrected chi connectivity index (χ4v) is 3.08. The molecule has 1 aliphatic carbocycles. The van der Waals surface area contributed by atoms with Crippen LogP contribution in [0.15, 0.2) is 30.3 Å². The van der Waals surface area contributed by atoms with Crippen LogP contribution in [0, 0.1) is 11.8 Å². The van der Waals surface area contributed by atoms with Gasteiger partial charge in [0.25, 0.3) is 0 Å². The van der Waals surface area contributed by atoms with Gasteiger partial charge in [-0.1, -0.05) is 25.0 Å². The molecule has 1 aliphatic rings. The van der Waals surface area contributed by atoms with Gasteiger partial charge in [0.05, 0.1) is 12.5 Å². The van der Waals surface area contributed by atoms with E-state index in [1.807, 2.05) is 31.2 Å². The third kappa shape index (κ3) is 5.41. The van der Waals surface area contributed by atoms with Crippen LogP contribution in [0.1, 0.15) is 38.2 Å². The molecule has 0 heterocycles. The zero-order valence-corrected chi connectivity index (χ0v) is 14.0. The minimum Gasteiger partial charge on any atom is -0.494 e. The van der Waals surface area contributed by atoms with Gasteiger partial charge in [0.1, 0.15) is 5.75 Å². The third-order valence-corrected chi connectivity index (χ3v) is 4.38. The maximum atomic E-state index is 11.9. The average Bonchev–Trinajstić information content (AvgIpc) is 2.59. The molecular weight excluding hydrogens is 306 g/mol. The summed E-state index contributed by atoms with van der Waals surface area (Å²) in [6.07, 6.45) is 6.78. The summed E-state index contributed by atoms with van der Waals surface area (Å²) in [4.78, 5) is 23.2.